The number of carbonyl (C=O) groups is 1. The number of ketones is 1. The van der Waals surface area contributed by atoms with Crippen molar-refractivity contribution in [2.24, 2.45) is 0 Å². The van der Waals surface area contributed by atoms with E-state index in [4.69, 9.17) is 0 Å². The van der Waals surface area contributed by atoms with Crippen molar-refractivity contribution in [3.63, 3.8) is 0 Å². The van der Waals surface area contributed by atoms with Crippen LogP contribution in [-0.4, -0.2) is 48.3 Å². The number of Topliss-reactive ketones (excluding diaryl/α,β-unsaturated/α-hetero) is 1. The Balaban J connectivity index is 0.00000144. The first kappa shape index (κ1) is 21.1. The van der Waals surface area contributed by atoms with Gasteiger partial charge >= 0.3 is 0 Å². The van der Waals surface area contributed by atoms with E-state index in [1.807, 2.05) is 17.5 Å². The average Bonchev–Trinajstić information content (AvgIpc) is 3.03. The molecule has 1 aromatic carbocycles. The molecule has 0 bridgehead atoms. The fourth-order valence-corrected chi connectivity index (χ4v) is 3.59. The normalized spacial score (nSPS) is 15.3. The second-order valence-corrected chi connectivity index (χ2v) is 6.86. The van der Waals surface area contributed by atoms with Crippen LogP contribution in [-0.2, 0) is 17.8 Å². The Labute approximate surface area is 160 Å². The lowest BCUT2D eigenvalue weighted by atomic mass is 10.2. The van der Waals surface area contributed by atoms with Crippen molar-refractivity contribution in [2.45, 2.75) is 13.0 Å². The van der Waals surface area contributed by atoms with Gasteiger partial charge in [-0.2, -0.15) is 0 Å². The van der Waals surface area contributed by atoms with E-state index in [0.717, 1.165) is 32.7 Å². The van der Waals surface area contributed by atoms with Crippen molar-refractivity contribution < 1.29 is 4.79 Å². The highest BCUT2D eigenvalue weighted by atomic mass is 35.5. The van der Waals surface area contributed by atoms with E-state index in [9.17, 15) is 4.79 Å². The number of hydrogen-bond acceptors (Lipinski definition) is 4. The number of rotatable bonds is 6. The Morgan fingerprint density at radius 2 is 1.58 bits per heavy atom. The first-order chi connectivity index (χ1) is 10.8. The van der Waals surface area contributed by atoms with Crippen LogP contribution < -0.4 is 0 Å². The number of hydrogen-bond donors (Lipinski definition) is 0. The number of carbonyl (C=O) groups excluding carboxylic acids is 1. The van der Waals surface area contributed by atoms with Crippen LogP contribution in [0.4, 0.5) is 0 Å². The van der Waals surface area contributed by atoms with Crippen molar-refractivity contribution in [2.75, 3.05) is 32.7 Å². The largest absolute Gasteiger partial charge is 0.298 e. The molecule has 2 heterocycles. The van der Waals surface area contributed by atoms with E-state index in [2.05, 4.69) is 40.1 Å². The third-order valence-corrected chi connectivity index (χ3v) is 4.94. The van der Waals surface area contributed by atoms with Gasteiger partial charge in [-0.3, -0.25) is 14.6 Å². The second kappa shape index (κ2) is 10.9. The maximum Gasteiger partial charge on any atom is 0.152 e. The summed E-state index contributed by atoms with van der Waals surface area (Å²) >= 11 is 1.67. The summed E-state index contributed by atoms with van der Waals surface area (Å²) in [6, 6.07) is 14.6. The standard InChI is InChI=1S/C18H22N2OS.2ClH/c21-17(13-18-7-4-12-22-18)15-20-10-8-19(9-11-20)14-16-5-2-1-3-6-16;;/h1-7,12H,8-11,13-15H2;2*1H. The van der Waals surface area contributed by atoms with Gasteiger partial charge in [0.1, 0.15) is 0 Å². The summed E-state index contributed by atoms with van der Waals surface area (Å²) in [5, 5.41) is 2.03. The summed E-state index contributed by atoms with van der Waals surface area (Å²) in [6.07, 6.45) is 0.585. The number of nitrogens with zero attached hydrogens (tertiary/aromatic N) is 2. The van der Waals surface area contributed by atoms with Gasteiger partial charge in [-0.25, -0.2) is 0 Å². The van der Waals surface area contributed by atoms with Crippen molar-refractivity contribution >= 4 is 41.9 Å². The molecule has 0 atom stereocenters. The third kappa shape index (κ3) is 6.54. The smallest absolute Gasteiger partial charge is 0.152 e. The van der Waals surface area contributed by atoms with Gasteiger partial charge in [0.15, 0.2) is 5.78 Å². The predicted molar refractivity (Wildman–Crippen MR) is 106 cm³/mol. The second-order valence-electron chi connectivity index (χ2n) is 5.83. The van der Waals surface area contributed by atoms with Crippen molar-refractivity contribution in [3.05, 3.63) is 58.3 Å². The van der Waals surface area contributed by atoms with Crippen LogP contribution >= 0.6 is 36.2 Å². The summed E-state index contributed by atoms with van der Waals surface area (Å²) in [6.45, 7) is 5.67. The number of thiophene rings is 1. The van der Waals surface area contributed by atoms with Gasteiger partial charge in [0, 0.05) is 44.0 Å². The zero-order valence-electron chi connectivity index (χ0n) is 13.6. The zero-order valence-corrected chi connectivity index (χ0v) is 16.0. The fraction of sp³-hybridized carbons (Fsp3) is 0.389. The predicted octanol–water partition coefficient (Wildman–Crippen LogP) is 3.52. The van der Waals surface area contributed by atoms with Gasteiger partial charge in [-0.15, -0.1) is 36.2 Å². The van der Waals surface area contributed by atoms with Gasteiger partial charge in [0.25, 0.3) is 0 Å². The summed E-state index contributed by atoms with van der Waals surface area (Å²) in [4.78, 5) is 18.0. The minimum Gasteiger partial charge on any atom is -0.298 e. The Bertz CT molecular complexity index is 584. The number of halogens is 2. The molecule has 0 aliphatic carbocycles. The van der Waals surface area contributed by atoms with E-state index in [0.29, 0.717) is 18.7 Å². The molecule has 0 N–H and O–H groups in total. The van der Waals surface area contributed by atoms with E-state index in [-0.39, 0.29) is 24.8 Å². The van der Waals surface area contributed by atoms with Crippen LogP contribution in [0.15, 0.2) is 47.8 Å². The third-order valence-electron chi connectivity index (χ3n) is 4.07. The average molecular weight is 387 g/mol. The molecular weight excluding hydrogens is 363 g/mol. The van der Waals surface area contributed by atoms with Gasteiger partial charge in [-0.05, 0) is 17.0 Å². The summed E-state index contributed by atoms with van der Waals surface area (Å²) in [7, 11) is 0. The van der Waals surface area contributed by atoms with Crippen LogP contribution in [0.25, 0.3) is 0 Å². The molecule has 3 nitrogen and oxygen atoms in total. The molecule has 1 aliphatic heterocycles. The Morgan fingerprint density at radius 3 is 2.21 bits per heavy atom. The fourth-order valence-electron chi connectivity index (χ4n) is 2.86. The molecule has 3 rings (SSSR count). The van der Waals surface area contributed by atoms with Crippen molar-refractivity contribution in [3.8, 4) is 0 Å². The van der Waals surface area contributed by atoms with Crippen LogP contribution in [0.3, 0.4) is 0 Å². The minimum absolute atomic E-state index is 0. The molecule has 0 radical (unpaired) electrons. The summed E-state index contributed by atoms with van der Waals surface area (Å²) < 4.78 is 0. The molecule has 0 unspecified atom stereocenters. The van der Waals surface area contributed by atoms with Crippen molar-refractivity contribution in [1.29, 1.82) is 0 Å². The summed E-state index contributed by atoms with van der Waals surface area (Å²) in [5.74, 6) is 0.332. The Kier molecular flexibility index (Phi) is 9.56. The van der Waals surface area contributed by atoms with Gasteiger partial charge in [0.2, 0.25) is 0 Å². The van der Waals surface area contributed by atoms with E-state index < -0.39 is 0 Å². The molecule has 0 spiro atoms. The highest BCUT2D eigenvalue weighted by Gasteiger charge is 2.19. The number of benzene rings is 1. The molecule has 2 aromatic rings. The maximum atomic E-state index is 12.1. The molecule has 132 valence electrons. The molecule has 0 amide bonds. The topological polar surface area (TPSA) is 23.6 Å². The van der Waals surface area contributed by atoms with Gasteiger partial charge < -0.3 is 0 Å². The lowest BCUT2D eigenvalue weighted by Crippen LogP contribution is -2.47. The van der Waals surface area contributed by atoms with Crippen molar-refractivity contribution in [1.82, 2.24) is 9.80 Å². The summed E-state index contributed by atoms with van der Waals surface area (Å²) in [5.41, 5.74) is 1.37. The Morgan fingerprint density at radius 1 is 0.917 bits per heavy atom. The van der Waals surface area contributed by atoms with Gasteiger partial charge in [-0.1, -0.05) is 36.4 Å². The molecule has 1 aromatic heterocycles. The molecule has 1 saturated heterocycles. The lowest BCUT2D eigenvalue weighted by Gasteiger charge is -2.34. The van der Waals surface area contributed by atoms with E-state index >= 15 is 0 Å². The van der Waals surface area contributed by atoms with E-state index in [1.54, 1.807) is 11.3 Å². The highest BCUT2D eigenvalue weighted by Crippen LogP contribution is 2.11. The molecule has 0 saturated carbocycles. The number of piperazine rings is 1. The molecule has 24 heavy (non-hydrogen) atoms. The monoisotopic (exact) mass is 386 g/mol. The zero-order chi connectivity index (χ0) is 15.2. The maximum absolute atomic E-state index is 12.1. The van der Waals surface area contributed by atoms with E-state index in [1.165, 1.54) is 10.4 Å². The highest BCUT2D eigenvalue weighted by molar-refractivity contribution is 7.10. The van der Waals surface area contributed by atoms with Crippen LogP contribution in [0.5, 0.6) is 0 Å². The SMILES string of the molecule is Cl.Cl.O=C(Cc1cccs1)CN1CCN(Cc2ccccc2)CC1. The first-order valence-electron chi connectivity index (χ1n) is 7.82. The minimum atomic E-state index is 0. The lowest BCUT2D eigenvalue weighted by molar-refractivity contribution is -0.119. The van der Waals surface area contributed by atoms with Crippen LogP contribution in [0, 0.1) is 0 Å². The molecule has 1 aliphatic rings. The van der Waals surface area contributed by atoms with Crippen LogP contribution in [0.2, 0.25) is 0 Å². The molecule has 1 fully saturated rings. The van der Waals surface area contributed by atoms with Crippen LogP contribution in [0.1, 0.15) is 10.4 Å². The molecular formula is C18H24Cl2N2OS. The first-order valence-corrected chi connectivity index (χ1v) is 8.70. The Hall–Kier alpha value is -0.910. The quantitative estimate of drug-likeness (QED) is 0.758. The van der Waals surface area contributed by atoms with Gasteiger partial charge in [0.05, 0.1) is 6.54 Å². The molecule has 6 heteroatoms.